The van der Waals surface area contributed by atoms with Gasteiger partial charge in [-0.15, -0.1) is 0 Å². The van der Waals surface area contributed by atoms with Gasteiger partial charge in [0.1, 0.15) is 0 Å². The fraction of sp³-hybridized carbons (Fsp3) is 0. The smallest absolute Gasteiger partial charge is 0.345 e. The highest BCUT2D eigenvalue weighted by atomic mass is 32.2. The van der Waals surface area contributed by atoms with Crippen LogP contribution in [0.5, 0.6) is 5.75 Å². The second kappa shape index (κ2) is 6.49. The fourth-order valence-electron chi connectivity index (χ4n) is 3.04. The quantitative estimate of drug-likeness (QED) is 0.221. The summed E-state index contributed by atoms with van der Waals surface area (Å²) >= 11 is 0. The Kier molecular flexibility index (Phi) is 4.27. The third-order valence-electron chi connectivity index (χ3n) is 4.33. The zero-order valence-electron chi connectivity index (χ0n) is 14.2. The zero-order chi connectivity index (χ0) is 22.0. The van der Waals surface area contributed by atoms with E-state index < -0.39 is 67.2 Å². The van der Waals surface area contributed by atoms with Crippen LogP contribution in [0.25, 0.3) is 10.8 Å². The number of hydrogen-bond acceptors (Lipinski definition) is 5. The summed E-state index contributed by atoms with van der Waals surface area (Å²) in [6.07, 6.45) is 0. The van der Waals surface area contributed by atoms with Gasteiger partial charge in [-0.05, 0) is 17.5 Å². The molecule has 3 aromatic carbocycles. The second-order valence-corrected chi connectivity index (χ2v) is 7.55. The average Bonchev–Trinajstić information content (AvgIpc) is 2.69. The second-order valence-electron chi connectivity index (χ2n) is 6.06. The number of nitrogens with one attached hydrogen (secondary N) is 1. The molecule has 2 amide bonds. The van der Waals surface area contributed by atoms with Gasteiger partial charge in [0.25, 0.3) is 11.8 Å². The molecule has 0 saturated heterocycles. The molecule has 1 heterocycles. The molecule has 1 aliphatic rings. The largest absolute Gasteiger partial charge is 0.378 e. The predicted octanol–water partition coefficient (Wildman–Crippen LogP) is 3.19. The number of halogens is 5. The summed E-state index contributed by atoms with van der Waals surface area (Å²) in [6, 6.07) is 6.51. The Morgan fingerprint density at radius 3 is 2.00 bits per heavy atom. The van der Waals surface area contributed by atoms with Gasteiger partial charge in [0.05, 0.1) is 5.56 Å². The summed E-state index contributed by atoms with van der Waals surface area (Å²) in [7, 11) is -5.62. The molecule has 3 aromatic rings. The zero-order valence-corrected chi connectivity index (χ0v) is 15.0. The topological polar surface area (TPSA) is 89.5 Å². The van der Waals surface area contributed by atoms with E-state index in [4.69, 9.17) is 0 Å². The van der Waals surface area contributed by atoms with Crippen molar-refractivity contribution < 1.29 is 44.1 Å². The minimum atomic E-state index is -5.62. The molecule has 0 aliphatic carbocycles. The first-order valence-electron chi connectivity index (χ1n) is 7.92. The molecular formula is C18H6F5NO5S. The van der Waals surface area contributed by atoms with Crippen molar-refractivity contribution in [1.29, 1.82) is 0 Å². The van der Waals surface area contributed by atoms with Crippen LogP contribution in [0, 0.1) is 29.1 Å². The van der Waals surface area contributed by atoms with E-state index >= 15 is 0 Å². The van der Waals surface area contributed by atoms with Crippen molar-refractivity contribution in [3.63, 3.8) is 0 Å². The van der Waals surface area contributed by atoms with Crippen LogP contribution in [0.1, 0.15) is 20.7 Å². The lowest BCUT2D eigenvalue weighted by Gasteiger charge is -2.19. The van der Waals surface area contributed by atoms with Gasteiger partial charge < -0.3 is 4.18 Å². The van der Waals surface area contributed by atoms with Crippen molar-refractivity contribution in [2.45, 2.75) is 4.90 Å². The molecule has 0 aromatic heterocycles. The van der Waals surface area contributed by atoms with Gasteiger partial charge in [0.2, 0.25) is 5.82 Å². The lowest BCUT2D eigenvalue weighted by molar-refractivity contribution is 0.0844. The number of benzene rings is 3. The van der Waals surface area contributed by atoms with E-state index in [0.717, 1.165) is 6.07 Å². The molecular weight excluding hydrogens is 437 g/mol. The molecule has 0 atom stereocenters. The van der Waals surface area contributed by atoms with E-state index in [1.165, 1.54) is 24.3 Å². The standard InChI is InChI=1S/C18H6F5NO5S/c19-11-12(20)14(22)16(15(23)13(11)21)30(27,28)29-8-5-4-6-2-1-3-7-9(6)10(8)18(26)24-17(7)25/h1-5H,(H,24,25,26). The molecule has 4 rings (SSSR count). The van der Waals surface area contributed by atoms with Crippen molar-refractivity contribution in [2.24, 2.45) is 0 Å². The van der Waals surface area contributed by atoms with Crippen molar-refractivity contribution in [3.8, 4) is 5.75 Å². The van der Waals surface area contributed by atoms with E-state index in [2.05, 4.69) is 4.18 Å². The number of amides is 2. The van der Waals surface area contributed by atoms with E-state index in [9.17, 15) is 40.0 Å². The summed E-state index contributed by atoms with van der Waals surface area (Å²) in [4.78, 5) is 22.1. The first-order valence-corrected chi connectivity index (χ1v) is 9.32. The monoisotopic (exact) mass is 443 g/mol. The van der Waals surface area contributed by atoms with Crippen molar-refractivity contribution in [3.05, 3.63) is 70.5 Å². The lowest BCUT2D eigenvalue weighted by atomic mass is 9.94. The predicted molar refractivity (Wildman–Crippen MR) is 89.8 cm³/mol. The highest BCUT2D eigenvalue weighted by Gasteiger charge is 2.37. The van der Waals surface area contributed by atoms with Gasteiger partial charge in [-0.25, -0.2) is 22.0 Å². The summed E-state index contributed by atoms with van der Waals surface area (Å²) < 4.78 is 97.2. The average molecular weight is 443 g/mol. The van der Waals surface area contributed by atoms with E-state index in [1.54, 1.807) is 0 Å². The summed E-state index contributed by atoms with van der Waals surface area (Å²) in [6.45, 7) is 0. The molecule has 12 heteroatoms. The molecule has 1 N–H and O–H groups in total. The van der Waals surface area contributed by atoms with Crippen molar-refractivity contribution in [2.75, 3.05) is 0 Å². The van der Waals surface area contributed by atoms with Gasteiger partial charge in [-0.2, -0.15) is 8.42 Å². The summed E-state index contributed by atoms with van der Waals surface area (Å²) in [5.74, 6) is -15.4. The van der Waals surface area contributed by atoms with Crippen LogP contribution in [0.2, 0.25) is 0 Å². The third kappa shape index (κ3) is 2.71. The Bertz CT molecular complexity index is 1380. The van der Waals surface area contributed by atoms with Crippen molar-refractivity contribution >= 4 is 32.7 Å². The molecule has 0 radical (unpaired) electrons. The maximum atomic E-state index is 13.9. The van der Waals surface area contributed by atoms with Crippen molar-refractivity contribution in [1.82, 2.24) is 5.32 Å². The Labute approximate surface area is 164 Å². The molecule has 0 spiro atoms. The van der Waals surface area contributed by atoms with Crippen LogP contribution in [-0.2, 0) is 10.1 Å². The van der Waals surface area contributed by atoms with Crippen LogP contribution in [0.3, 0.4) is 0 Å². The van der Waals surface area contributed by atoms with Crippen LogP contribution >= 0.6 is 0 Å². The molecule has 6 nitrogen and oxygen atoms in total. The number of carbonyl (C=O) groups is 2. The maximum absolute atomic E-state index is 13.9. The first-order chi connectivity index (χ1) is 14.0. The van der Waals surface area contributed by atoms with E-state index in [1.807, 2.05) is 5.32 Å². The molecule has 0 saturated carbocycles. The summed E-state index contributed by atoms with van der Waals surface area (Å²) in [5.41, 5.74) is -0.476. The molecule has 0 bridgehead atoms. The van der Waals surface area contributed by atoms with Gasteiger partial charge in [0.15, 0.2) is 33.9 Å². The maximum Gasteiger partial charge on any atom is 0.345 e. The Morgan fingerprint density at radius 2 is 1.37 bits per heavy atom. The van der Waals surface area contributed by atoms with Gasteiger partial charge >= 0.3 is 10.1 Å². The van der Waals surface area contributed by atoms with Crippen LogP contribution in [0.4, 0.5) is 22.0 Å². The number of carbonyl (C=O) groups excluding carboxylic acids is 2. The Hall–Kier alpha value is -3.54. The van der Waals surface area contributed by atoms with Gasteiger partial charge in [-0.1, -0.05) is 18.2 Å². The Morgan fingerprint density at radius 1 is 0.767 bits per heavy atom. The number of rotatable bonds is 3. The molecule has 0 unspecified atom stereocenters. The molecule has 154 valence electrons. The molecule has 0 fully saturated rings. The minimum Gasteiger partial charge on any atom is -0.378 e. The molecule has 1 aliphatic heterocycles. The number of imide groups is 1. The highest BCUT2D eigenvalue weighted by molar-refractivity contribution is 7.87. The fourth-order valence-corrected chi connectivity index (χ4v) is 4.12. The summed E-state index contributed by atoms with van der Waals surface area (Å²) in [5, 5.41) is 2.28. The lowest BCUT2D eigenvalue weighted by Crippen LogP contribution is -2.35. The molecule has 30 heavy (non-hydrogen) atoms. The van der Waals surface area contributed by atoms with Crippen LogP contribution in [-0.4, -0.2) is 20.2 Å². The van der Waals surface area contributed by atoms with E-state index in [0.29, 0.717) is 5.39 Å². The van der Waals surface area contributed by atoms with Crippen LogP contribution < -0.4 is 9.50 Å². The normalized spacial score (nSPS) is 13.5. The van der Waals surface area contributed by atoms with Crippen LogP contribution in [0.15, 0.2) is 35.2 Å². The van der Waals surface area contributed by atoms with Gasteiger partial charge in [-0.3, -0.25) is 14.9 Å². The third-order valence-corrected chi connectivity index (χ3v) is 5.58. The highest BCUT2D eigenvalue weighted by Crippen LogP contribution is 2.36. The van der Waals surface area contributed by atoms with Gasteiger partial charge in [0, 0.05) is 10.9 Å². The number of hydrogen-bond donors (Lipinski definition) is 1. The minimum absolute atomic E-state index is 0.00337. The first kappa shape index (κ1) is 19.8. The van der Waals surface area contributed by atoms with E-state index in [-0.39, 0.29) is 10.9 Å². The SMILES string of the molecule is O=C1NC(=O)c2c(OS(=O)(=O)c3c(F)c(F)c(F)c(F)c3F)ccc3cccc1c23. The Balaban J connectivity index is 1.95.